The van der Waals surface area contributed by atoms with Gasteiger partial charge in [-0.1, -0.05) is 11.6 Å². The van der Waals surface area contributed by atoms with E-state index < -0.39 is 6.10 Å². The van der Waals surface area contributed by atoms with Crippen LogP contribution in [0.1, 0.15) is 0 Å². The lowest BCUT2D eigenvalue weighted by atomic mass is 10.2. The van der Waals surface area contributed by atoms with Crippen LogP contribution in [0.3, 0.4) is 0 Å². The normalized spacial score (nSPS) is 11.3. The number of amides is 1. The van der Waals surface area contributed by atoms with Gasteiger partial charge in [-0.25, -0.2) is 0 Å². The molecule has 0 bridgehead atoms. The number of anilines is 1. The SMILES string of the molecule is COc1cc(NC(=O)C(CN)OC)ccc1Cl.Cl. The van der Waals surface area contributed by atoms with Gasteiger partial charge in [-0.05, 0) is 12.1 Å². The van der Waals surface area contributed by atoms with Crippen molar-refractivity contribution in [2.75, 3.05) is 26.1 Å². The highest BCUT2D eigenvalue weighted by atomic mass is 35.5. The van der Waals surface area contributed by atoms with E-state index in [1.54, 1.807) is 18.2 Å². The summed E-state index contributed by atoms with van der Waals surface area (Å²) in [4.78, 5) is 11.7. The molecule has 0 fully saturated rings. The van der Waals surface area contributed by atoms with Crippen LogP contribution in [0.4, 0.5) is 5.69 Å². The zero-order chi connectivity index (χ0) is 12.8. The second-order valence-corrected chi connectivity index (χ2v) is 3.71. The van der Waals surface area contributed by atoms with Crippen molar-refractivity contribution in [3.05, 3.63) is 23.2 Å². The Balaban J connectivity index is 0.00000289. The summed E-state index contributed by atoms with van der Waals surface area (Å²) in [7, 11) is 2.93. The molecule has 0 aliphatic heterocycles. The van der Waals surface area contributed by atoms with E-state index in [-0.39, 0.29) is 24.9 Å². The summed E-state index contributed by atoms with van der Waals surface area (Å²) in [5.74, 6) is 0.186. The van der Waals surface area contributed by atoms with Crippen molar-refractivity contribution in [3.63, 3.8) is 0 Å². The Kier molecular flexibility index (Phi) is 7.70. The minimum Gasteiger partial charge on any atom is -0.495 e. The number of carbonyl (C=O) groups is 1. The maximum Gasteiger partial charge on any atom is 0.254 e. The zero-order valence-corrected chi connectivity index (χ0v) is 11.7. The van der Waals surface area contributed by atoms with Gasteiger partial charge in [0.05, 0.1) is 12.1 Å². The molecular weight excluding hydrogens is 279 g/mol. The van der Waals surface area contributed by atoms with E-state index in [4.69, 9.17) is 26.8 Å². The van der Waals surface area contributed by atoms with E-state index in [9.17, 15) is 4.79 Å². The topological polar surface area (TPSA) is 73.6 Å². The van der Waals surface area contributed by atoms with Gasteiger partial charge in [0.1, 0.15) is 11.9 Å². The third-order valence-electron chi connectivity index (χ3n) is 2.21. The molecule has 102 valence electrons. The molecule has 0 heterocycles. The second-order valence-electron chi connectivity index (χ2n) is 3.30. The number of nitrogens with one attached hydrogen (secondary N) is 1. The van der Waals surface area contributed by atoms with Crippen molar-refractivity contribution in [2.24, 2.45) is 5.73 Å². The van der Waals surface area contributed by atoms with Gasteiger partial charge in [-0.2, -0.15) is 0 Å². The Morgan fingerprint density at radius 1 is 1.50 bits per heavy atom. The Labute approximate surface area is 117 Å². The largest absolute Gasteiger partial charge is 0.495 e. The lowest BCUT2D eigenvalue weighted by Crippen LogP contribution is -2.35. The Hall–Kier alpha value is -1.01. The van der Waals surface area contributed by atoms with Gasteiger partial charge in [-0.3, -0.25) is 4.79 Å². The number of rotatable bonds is 5. The minimum atomic E-state index is -0.670. The third-order valence-corrected chi connectivity index (χ3v) is 2.52. The summed E-state index contributed by atoms with van der Waals surface area (Å²) >= 11 is 5.87. The van der Waals surface area contributed by atoms with Gasteiger partial charge >= 0.3 is 0 Å². The van der Waals surface area contributed by atoms with Gasteiger partial charge in [0, 0.05) is 25.4 Å². The van der Waals surface area contributed by atoms with Crippen LogP contribution in [0.2, 0.25) is 5.02 Å². The molecule has 7 heteroatoms. The van der Waals surface area contributed by atoms with Crippen molar-refractivity contribution in [1.29, 1.82) is 0 Å². The molecule has 0 saturated carbocycles. The Morgan fingerprint density at radius 2 is 2.17 bits per heavy atom. The number of hydrogen-bond acceptors (Lipinski definition) is 4. The van der Waals surface area contributed by atoms with Crippen molar-refractivity contribution < 1.29 is 14.3 Å². The molecule has 0 aromatic heterocycles. The number of ether oxygens (including phenoxy) is 2. The highest BCUT2D eigenvalue weighted by molar-refractivity contribution is 6.32. The number of benzene rings is 1. The van der Waals surface area contributed by atoms with E-state index in [0.29, 0.717) is 16.5 Å². The predicted octanol–water partition coefficient (Wildman–Crippen LogP) is 1.68. The van der Waals surface area contributed by atoms with Crippen molar-refractivity contribution in [3.8, 4) is 5.75 Å². The first-order chi connectivity index (χ1) is 8.12. The molecule has 1 aromatic rings. The zero-order valence-electron chi connectivity index (χ0n) is 10.1. The highest BCUT2D eigenvalue weighted by Gasteiger charge is 2.16. The third kappa shape index (κ3) is 4.34. The van der Waals surface area contributed by atoms with Crippen LogP contribution in [-0.4, -0.2) is 32.8 Å². The summed E-state index contributed by atoms with van der Waals surface area (Å²) in [6.07, 6.45) is -0.670. The molecular formula is C11H16Cl2N2O3. The van der Waals surface area contributed by atoms with Crippen molar-refractivity contribution in [2.45, 2.75) is 6.10 Å². The smallest absolute Gasteiger partial charge is 0.254 e. The number of hydrogen-bond donors (Lipinski definition) is 2. The fraction of sp³-hybridized carbons (Fsp3) is 0.364. The van der Waals surface area contributed by atoms with Crippen LogP contribution in [-0.2, 0) is 9.53 Å². The average Bonchev–Trinajstić information content (AvgIpc) is 2.33. The molecule has 1 amide bonds. The second kappa shape index (κ2) is 8.16. The van der Waals surface area contributed by atoms with Crippen LogP contribution in [0.25, 0.3) is 0 Å². The molecule has 0 saturated heterocycles. The fourth-order valence-electron chi connectivity index (χ4n) is 1.27. The standard InChI is InChI=1S/C11H15ClN2O3.ClH/c1-16-9-5-7(3-4-8(9)12)14-11(15)10(6-13)17-2;/h3-5,10H,6,13H2,1-2H3,(H,14,15);1H. The van der Waals surface area contributed by atoms with E-state index in [1.807, 2.05) is 0 Å². The fourth-order valence-corrected chi connectivity index (χ4v) is 1.47. The first kappa shape index (κ1) is 17.0. The molecule has 5 nitrogen and oxygen atoms in total. The number of carbonyl (C=O) groups excluding carboxylic acids is 1. The Bertz CT molecular complexity index is 398. The summed E-state index contributed by atoms with van der Waals surface area (Å²) in [6, 6.07) is 4.94. The van der Waals surface area contributed by atoms with Crippen LogP contribution in [0.15, 0.2) is 18.2 Å². The molecule has 0 spiro atoms. The number of nitrogens with two attached hydrogens (primary N) is 1. The van der Waals surface area contributed by atoms with Gasteiger partial charge in [0.2, 0.25) is 0 Å². The molecule has 1 aromatic carbocycles. The highest BCUT2D eigenvalue weighted by Crippen LogP contribution is 2.27. The summed E-state index contributed by atoms with van der Waals surface area (Å²) in [5, 5.41) is 3.14. The van der Waals surface area contributed by atoms with E-state index in [0.717, 1.165) is 0 Å². The first-order valence-electron chi connectivity index (χ1n) is 4.99. The molecule has 1 unspecified atom stereocenters. The van der Waals surface area contributed by atoms with Gasteiger partial charge in [-0.15, -0.1) is 12.4 Å². The molecule has 0 radical (unpaired) electrons. The van der Waals surface area contributed by atoms with E-state index in [1.165, 1.54) is 14.2 Å². The molecule has 1 atom stereocenters. The molecule has 0 aliphatic rings. The van der Waals surface area contributed by atoms with Crippen LogP contribution in [0.5, 0.6) is 5.75 Å². The molecule has 1 rings (SSSR count). The van der Waals surface area contributed by atoms with Crippen LogP contribution >= 0.6 is 24.0 Å². The van der Waals surface area contributed by atoms with E-state index in [2.05, 4.69) is 5.32 Å². The van der Waals surface area contributed by atoms with Crippen LogP contribution in [0, 0.1) is 0 Å². The van der Waals surface area contributed by atoms with Gasteiger partial charge in [0.15, 0.2) is 0 Å². The summed E-state index contributed by atoms with van der Waals surface area (Å²) in [5.41, 5.74) is 5.96. The van der Waals surface area contributed by atoms with Gasteiger partial charge in [0.25, 0.3) is 5.91 Å². The quantitative estimate of drug-likeness (QED) is 0.867. The molecule has 18 heavy (non-hydrogen) atoms. The first-order valence-corrected chi connectivity index (χ1v) is 5.37. The molecule has 0 aliphatic carbocycles. The molecule has 3 N–H and O–H groups in total. The predicted molar refractivity (Wildman–Crippen MR) is 73.7 cm³/mol. The summed E-state index contributed by atoms with van der Waals surface area (Å²) < 4.78 is 9.96. The minimum absolute atomic E-state index is 0. The average molecular weight is 295 g/mol. The number of halogens is 2. The Morgan fingerprint density at radius 3 is 2.67 bits per heavy atom. The maximum absolute atomic E-state index is 11.7. The number of methoxy groups -OCH3 is 2. The lowest BCUT2D eigenvalue weighted by molar-refractivity contribution is -0.125. The monoisotopic (exact) mass is 294 g/mol. The van der Waals surface area contributed by atoms with Crippen molar-refractivity contribution in [1.82, 2.24) is 0 Å². The van der Waals surface area contributed by atoms with Crippen molar-refractivity contribution >= 4 is 35.6 Å². The summed E-state index contributed by atoms with van der Waals surface area (Å²) in [6.45, 7) is 0.118. The maximum atomic E-state index is 11.7. The van der Waals surface area contributed by atoms with Crippen LogP contribution < -0.4 is 15.8 Å². The van der Waals surface area contributed by atoms with E-state index >= 15 is 0 Å². The van der Waals surface area contributed by atoms with Gasteiger partial charge < -0.3 is 20.5 Å². The lowest BCUT2D eigenvalue weighted by Gasteiger charge is -2.13.